The van der Waals surface area contributed by atoms with E-state index in [1.807, 2.05) is 60.7 Å². The normalized spacial score (nSPS) is 11.9. The highest BCUT2D eigenvalue weighted by atomic mass is 16.3. The van der Waals surface area contributed by atoms with Crippen LogP contribution in [-0.2, 0) is 0 Å². The Balaban J connectivity index is 1.16. The lowest BCUT2D eigenvalue weighted by Crippen LogP contribution is -2.02. The van der Waals surface area contributed by atoms with Gasteiger partial charge in [0.1, 0.15) is 22.3 Å². The highest BCUT2D eigenvalue weighted by molar-refractivity contribution is 6.25. The maximum Gasteiger partial charge on any atom is 0.145 e. The predicted molar refractivity (Wildman–Crippen MR) is 255 cm³/mol. The summed E-state index contributed by atoms with van der Waals surface area (Å²) < 4.78 is 18.0. The number of rotatable bonds is 4. The van der Waals surface area contributed by atoms with E-state index in [-0.39, 0.29) is 0 Å². The van der Waals surface area contributed by atoms with Crippen molar-refractivity contribution < 1.29 is 8.83 Å². The SMILES string of the molecule is Cc1cc(C#N)ccc1-c1ccc(-n2c3ccccc3c3c4oc5ccccc5c4ccc32)c(-c2ccc(C#N)cc2-n2c3ccccc3c3c4oc5ccccc5c4ccc32)c1. The van der Waals surface area contributed by atoms with Crippen LogP contribution in [0.25, 0.3) is 121 Å². The highest BCUT2D eigenvalue weighted by Gasteiger charge is 2.25. The summed E-state index contributed by atoms with van der Waals surface area (Å²) in [6.45, 7) is 2.05. The molecular weight excluding hydrogens is 773 g/mol. The Kier molecular flexibility index (Phi) is 7.26. The second-order valence-electron chi connectivity index (χ2n) is 16.3. The van der Waals surface area contributed by atoms with E-state index in [9.17, 15) is 10.5 Å². The average molecular weight is 805 g/mol. The second kappa shape index (κ2) is 13.1. The molecular formula is C57H32N4O2. The van der Waals surface area contributed by atoms with Crippen molar-refractivity contribution in [2.45, 2.75) is 6.92 Å². The van der Waals surface area contributed by atoms with Gasteiger partial charge in [0, 0.05) is 43.4 Å². The molecule has 0 aliphatic rings. The van der Waals surface area contributed by atoms with Crippen LogP contribution in [0.4, 0.5) is 0 Å². The van der Waals surface area contributed by atoms with Crippen LogP contribution in [-0.4, -0.2) is 9.13 Å². The lowest BCUT2D eigenvalue weighted by molar-refractivity contribution is 0.672. The predicted octanol–water partition coefficient (Wildman–Crippen LogP) is 15.1. The Morgan fingerprint density at radius 1 is 0.397 bits per heavy atom. The zero-order valence-electron chi connectivity index (χ0n) is 33.8. The number of fused-ring (bicyclic) bond motifs is 14. The summed E-state index contributed by atoms with van der Waals surface area (Å²) in [5.41, 5.74) is 15.4. The molecule has 0 radical (unpaired) electrons. The molecule has 0 saturated carbocycles. The average Bonchev–Trinajstić information content (AvgIpc) is 4.09. The molecule has 292 valence electrons. The van der Waals surface area contributed by atoms with Crippen LogP contribution in [0.2, 0.25) is 0 Å². The van der Waals surface area contributed by atoms with Crippen molar-refractivity contribution >= 4 is 87.5 Å². The summed E-state index contributed by atoms with van der Waals surface area (Å²) in [6.07, 6.45) is 0. The fourth-order valence-electron chi connectivity index (χ4n) is 10.2. The van der Waals surface area contributed by atoms with Crippen molar-refractivity contribution in [3.05, 3.63) is 193 Å². The molecule has 63 heavy (non-hydrogen) atoms. The van der Waals surface area contributed by atoms with E-state index in [4.69, 9.17) is 8.83 Å². The van der Waals surface area contributed by atoms with E-state index in [1.54, 1.807) is 0 Å². The molecule has 4 heterocycles. The smallest absolute Gasteiger partial charge is 0.145 e. The number of nitrogens with zero attached hydrogens (tertiary/aromatic N) is 4. The van der Waals surface area contributed by atoms with E-state index in [1.165, 1.54) is 0 Å². The minimum atomic E-state index is 0.550. The molecule has 13 aromatic rings. The summed E-state index contributed by atoms with van der Waals surface area (Å²) in [5, 5.41) is 28.8. The number of aromatic nitrogens is 2. The van der Waals surface area contributed by atoms with E-state index in [0.29, 0.717) is 11.1 Å². The van der Waals surface area contributed by atoms with Crippen LogP contribution in [0.5, 0.6) is 0 Å². The van der Waals surface area contributed by atoms with Gasteiger partial charge >= 0.3 is 0 Å². The standard InChI is InChI=1S/C57H32N4O2/c1-33-28-34(31-58)18-21-37(33)36-20-25-48(60-46-14-6-2-12-43(46)54-49(60)26-23-41-39-10-4-8-16-52(39)62-56(41)54)45(30-36)38-22-19-35(32-59)29-51(38)61-47-15-7-3-13-44(47)55-50(61)27-24-42-40-11-5-9-17-53(40)63-57(42)55/h2-30H,1H3. The summed E-state index contributed by atoms with van der Waals surface area (Å²) in [7, 11) is 0. The molecule has 0 fully saturated rings. The molecule has 4 aromatic heterocycles. The number of benzene rings is 9. The summed E-state index contributed by atoms with van der Waals surface area (Å²) in [5.74, 6) is 0. The Morgan fingerprint density at radius 3 is 1.48 bits per heavy atom. The van der Waals surface area contributed by atoms with Gasteiger partial charge in [-0.2, -0.15) is 10.5 Å². The Hall–Kier alpha value is -8.84. The molecule has 6 heteroatoms. The summed E-state index contributed by atoms with van der Waals surface area (Å²) in [4.78, 5) is 0. The Labute approximate surface area is 359 Å². The molecule has 0 N–H and O–H groups in total. The molecule has 9 aromatic carbocycles. The van der Waals surface area contributed by atoms with Crippen molar-refractivity contribution in [3.8, 4) is 45.8 Å². The third-order valence-corrected chi connectivity index (χ3v) is 12.9. The number of hydrogen-bond acceptors (Lipinski definition) is 4. The third kappa shape index (κ3) is 4.92. The summed E-state index contributed by atoms with van der Waals surface area (Å²) >= 11 is 0. The fraction of sp³-hybridized carbons (Fsp3) is 0.0175. The number of aryl methyl sites for hydroxylation is 1. The molecule has 6 nitrogen and oxygen atoms in total. The van der Waals surface area contributed by atoms with Crippen LogP contribution >= 0.6 is 0 Å². The number of nitriles is 2. The maximum absolute atomic E-state index is 10.5. The van der Waals surface area contributed by atoms with Gasteiger partial charge in [0.25, 0.3) is 0 Å². The zero-order chi connectivity index (χ0) is 41.9. The first-order chi connectivity index (χ1) is 31.1. The van der Waals surface area contributed by atoms with Gasteiger partial charge in [0.05, 0.1) is 67.5 Å². The van der Waals surface area contributed by atoms with E-state index < -0.39 is 0 Å². The largest absolute Gasteiger partial charge is 0.455 e. The molecule has 0 unspecified atom stereocenters. The van der Waals surface area contributed by atoms with Gasteiger partial charge in [0.15, 0.2) is 0 Å². The second-order valence-corrected chi connectivity index (χ2v) is 16.3. The first kappa shape index (κ1) is 35.0. The summed E-state index contributed by atoms with van der Waals surface area (Å²) in [6, 6.07) is 65.4. The van der Waals surface area contributed by atoms with Crippen molar-refractivity contribution in [1.29, 1.82) is 10.5 Å². The first-order valence-electron chi connectivity index (χ1n) is 21.0. The van der Waals surface area contributed by atoms with Crippen LogP contribution < -0.4 is 0 Å². The Morgan fingerprint density at radius 2 is 0.905 bits per heavy atom. The van der Waals surface area contributed by atoms with Crippen molar-refractivity contribution in [2.75, 3.05) is 0 Å². The van der Waals surface area contributed by atoms with Gasteiger partial charge < -0.3 is 18.0 Å². The molecule has 0 bridgehead atoms. The van der Waals surface area contributed by atoms with Crippen LogP contribution in [0.3, 0.4) is 0 Å². The van der Waals surface area contributed by atoms with Crippen molar-refractivity contribution in [3.63, 3.8) is 0 Å². The lowest BCUT2D eigenvalue weighted by Gasteiger charge is -2.20. The fourth-order valence-corrected chi connectivity index (χ4v) is 10.2. The van der Waals surface area contributed by atoms with Crippen LogP contribution in [0, 0.1) is 29.6 Å². The van der Waals surface area contributed by atoms with E-state index >= 15 is 0 Å². The monoisotopic (exact) mass is 804 g/mol. The lowest BCUT2D eigenvalue weighted by atomic mass is 9.92. The van der Waals surface area contributed by atoms with Crippen molar-refractivity contribution in [2.24, 2.45) is 0 Å². The van der Waals surface area contributed by atoms with Gasteiger partial charge in [0.2, 0.25) is 0 Å². The minimum absolute atomic E-state index is 0.550. The number of hydrogen-bond donors (Lipinski definition) is 0. The number of furan rings is 2. The Bertz CT molecular complexity index is 4200. The van der Waals surface area contributed by atoms with Gasteiger partial charge in [-0.25, -0.2) is 0 Å². The molecule has 0 aliphatic carbocycles. The quantitative estimate of drug-likeness (QED) is 0.177. The maximum atomic E-state index is 10.5. The van der Waals surface area contributed by atoms with Crippen LogP contribution in [0.15, 0.2) is 185 Å². The van der Waals surface area contributed by atoms with Crippen molar-refractivity contribution in [1.82, 2.24) is 9.13 Å². The molecule has 13 rings (SSSR count). The van der Waals surface area contributed by atoms with Gasteiger partial charge in [-0.05, 0) is 109 Å². The van der Waals surface area contributed by atoms with Gasteiger partial charge in [-0.15, -0.1) is 0 Å². The first-order valence-corrected chi connectivity index (χ1v) is 21.0. The highest BCUT2D eigenvalue weighted by Crippen LogP contribution is 2.46. The minimum Gasteiger partial charge on any atom is -0.455 e. The zero-order valence-corrected chi connectivity index (χ0v) is 33.8. The molecule has 0 saturated heterocycles. The molecule has 0 spiro atoms. The third-order valence-electron chi connectivity index (χ3n) is 12.9. The number of para-hydroxylation sites is 4. The van der Waals surface area contributed by atoms with Gasteiger partial charge in [-0.1, -0.05) is 91.0 Å². The molecule has 0 atom stereocenters. The van der Waals surface area contributed by atoms with Crippen LogP contribution in [0.1, 0.15) is 16.7 Å². The molecule has 0 aliphatic heterocycles. The molecule has 0 amide bonds. The van der Waals surface area contributed by atoms with E-state index in [0.717, 1.165) is 127 Å². The topological polar surface area (TPSA) is 83.7 Å². The van der Waals surface area contributed by atoms with E-state index in [2.05, 4.69) is 143 Å². The van der Waals surface area contributed by atoms with Gasteiger partial charge in [-0.3, -0.25) is 0 Å².